The molecule has 0 aromatic heterocycles. The largest absolute Gasteiger partial charge is 1.00 e. The monoisotopic (exact) mass is 377 g/mol. The summed E-state index contributed by atoms with van der Waals surface area (Å²) in [5, 5.41) is 43.5. The zero-order chi connectivity index (χ0) is 9.89. The van der Waals surface area contributed by atoms with Crippen molar-refractivity contribution in [2.75, 3.05) is 0 Å². The molecule has 0 aliphatic heterocycles. The number of carboxylic acid groups (broad SMARTS) is 2. The van der Waals surface area contributed by atoms with Gasteiger partial charge in [0, 0.05) is 24.4 Å². The maximum absolute atomic E-state index is 9.93. The summed E-state index contributed by atoms with van der Waals surface area (Å²) in [6.07, 6.45) is -7.07. The molecule has 0 rings (SSSR count). The minimum Gasteiger partial charge on any atom is -0.547 e. The Labute approximate surface area is 135 Å². The van der Waals surface area contributed by atoms with Crippen molar-refractivity contribution in [2.45, 2.75) is 18.3 Å². The average Bonchev–Trinajstić information content (AvgIpc) is 2.00. The van der Waals surface area contributed by atoms with Crippen LogP contribution in [-0.2, 0) is 9.59 Å². The first-order valence-corrected chi connectivity index (χ1v) is 2.85. The maximum atomic E-state index is 9.93. The van der Waals surface area contributed by atoms with Crippen LogP contribution < -0.4 is 34.7 Å². The number of hydrogen-bond acceptors (Lipinski definition) is 6. The molecule has 10 N–H and O–H groups in total. The third kappa shape index (κ3) is 12.8. The van der Waals surface area contributed by atoms with Crippen LogP contribution in [-0.4, -0.2) is 91.5 Å². The van der Waals surface area contributed by atoms with Crippen LogP contribution in [0.4, 0.5) is 0 Å². The van der Waals surface area contributed by atoms with Gasteiger partial charge in [0.25, 0.3) is 0 Å². The predicted octanol–water partition coefficient (Wildman–Crippen LogP) is -9.95. The van der Waals surface area contributed by atoms with Crippen molar-refractivity contribution in [1.82, 2.24) is 0 Å². The first kappa shape index (κ1) is 36.0. The number of carboxylic acids is 2. The van der Waals surface area contributed by atoms with Crippen molar-refractivity contribution < 1.29 is 81.1 Å². The Morgan fingerprint density at radius 1 is 0.941 bits per heavy atom. The SMILES string of the molecule is O.O.O.O=C([O-])C(O)C(O)C(O)C(=O)O.[Na+].[Sb]. The Hall–Kier alpha value is 0.518. The van der Waals surface area contributed by atoms with Crippen molar-refractivity contribution in [3.05, 3.63) is 0 Å². The van der Waals surface area contributed by atoms with Crippen molar-refractivity contribution >= 4 is 36.4 Å². The first-order valence-electron chi connectivity index (χ1n) is 2.85. The van der Waals surface area contributed by atoms with Crippen LogP contribution in [0.25, 0.3) is 0 Å². The van der Waals surface area contributed by atoms with Crippen LogP contribution in [0.5, 0.6) is 0 Å². The Morgan fingerprint density at radius 3 is 1.41 bits per heavy atom. The molecule has 0 amide bonds. The van der Waals surface area contributed by atoms with Crippen molar-refractivity contribution in [2.24, 2.45) is 0 Å². The average molecular weight is 378 g/mol. The Bertz CT molecular complexity index is 181. The second-order valence-electron chi connectivity index (χ2n) is 2.04. The van der Waals surface area contributed by atoms with E-state index in [0.29, 0.717) is 0 Å². The van der Waals surface area contributed by atoms with E-state index in [0.717, 1.165) is 0 Å². The fourth-order valence-corrected chi connectivity index (χ4v) is 0.458. The van der Waals surface area contributed by atoms with Gasteiger partial charge in [0.15, 0.2) is 6.10 Å². The Balaban J connectivity index is -0.0000000605. The van der Waals surface area contributed by atoms with E-state index >= 15 is 0 Å². The van der Waals surface area contributed by atoms with Crippen molar-refractivity contribution in [1.29, 1.82) is 0 Å². The van der Waals surface area contributed by atoms with E-state index in [1.165, 1.54) is 0 Å². The molecule has 0 aliphatic rings. The number of rotatable bonds is 4. The molecule has 17 heavy (non-hydrogen) atoms. The van der Waals surface area contributed by atoms with Gasteiger partial charge in [-0.2, -0.15) is 0 Å². The quantitative estimate of drug-likeness (QED) is 0.344. The Kier molecular flexibility index (Phi) is 35.0. The molecule has 0 saturated carbocycles. The summed E-state index contributed by atoms with van der Waals surface area (Å²) in [4.78, 5) is 19.8. The third-order valence-corrected chi connectivity index (χ3v) is 1.14. The van der Waals surface area contributed by atoms with Crippen molar-refractivity contribution in [3.63, 3.8) is 0 Å². The number of aliphatic carboxylic acids is 2. The van der Waals surface area contributed by atoms with E-state index in [2.05, 4.69) is 0 Å². The summed E-state index contributed by atoms with van der Waals surface area (Å²) < 4.78 is 0. The van der Waals surface area contributed by atoms with Gasteiger partial charge in [-0.1, -0.05) is 0 Å². The van der Waals surface area contributed by atoms with Crippen LogP contribution >= 0.6 is 0 Å². The second kappa shape index (κ2) is 16.5. The fraction of sp³-hybridized carbons (Fsp3) is 0.600. The van der Waals surface area contributed by atoms with Gasteiger partial charge >= 0.3 is 35.5 Å². The number of carbonyl (C=O) groups excluding carboxylic acids is 1. The van der Waals surface area contributed by atoms with E-state index in [1.54, 1.807) is 0 Å². The summed E-state index contributed by atoms with van der Waals surface area (Å²) in [7, 11) is 0. The normalized spacial score (nSPS) is 12.6. The molecular formula is C5H13NaO10Sb. The van der Waals surface area contributed by atoms with Crippen LogP contribution in [0.15, 0.2) is 0 Å². The topological polar surface area (TPSA) is 233 Å². The number of aliphatic hydroxyl groups excluding tert-OH is 3. The molecule has 0 aromatic rings. The molecule has 10 nitrogen and oxygen atoms in total. The van der Waals surface area contributed by atoms with Gasteiger partial charge in [-0.25, -0.2) is 4.79 Å². The van der Waals surface area contributed by atoms with E-state index in [-0.39, 0.29) is 70.4 Å². The van der Waals surface area contributed by atoms with Crippen LogP contribution in [0.3, 0.4) is 0 Å². The van der Waals surface area contributed by atoms with Gasteiger partial charge in [-0.15, -0.1) is 0 Å². The van der Waals surface area contributed by atoms with Crippen LogP contribution in [0.1, 0.15) is 0 Å². The second-order valence-corrected chi connectivity index (χ2v) is 2.04. The molecule has 0 heterocycles. The Morgan fingerprint density at radius 2 is 1.24 bits per heavy atom. The fourth-order valence-electron chi connectivity index (χ4n) is 0.458. The summed E-state index contributed by atoms with van der Waals surface area (Å²) in [6, 6.07) is 0. The molecule has 0 bridgehead atoms. The van der Waals surface area contributed by atoms with Gasteiger partial charge in [0.2, 0.25) is 0 Å². The molecule has 3 unspecified atom stereocenters. The van der Waals surface area contributed by atoms with Crippen molar-refractivity contribution in [3.8, 4) is 0 Å². The van der Waals surface area contributed by atoms with Gasteiger partial charge in [-0.3, -0.25) is 0 Å². The standard InChI is InChI=1S/C5H8O7.Na.3H2O.Sb/c6-1(2(7)4(9)10)3(8)5(11)12;;;;;/h1-3,6-8H,(H,9,10)(H,11,12);;3*1H2;/q;+1;;;;/p-1. The summed E-state index contributed by atoms with van der Waals surface area (Å²) in [6.45, 7) is 0. The van der Waals surface area contributed by atoms with E-state index in [9.17, 15) is 14.7 Å². The van der Waals surface area contributed by atoms with Crippen LogP contribution in [0.2, 0.25) is 0 Å². The van der Waals surface area contributed by atoms with E-state index < -0.39 is 30.3 Å². The van der Waals surface area contributed by atoms with Gasteiger partial charge in [-0.05, 0) is 0 Å². The third-order valence-electron chi connectivity index (χ3n) is 1.14. The predicted molar refractivity (Wildman–Crippen MR) is 47.3 cm³/mol. The summed E-state index contributed by atoms with van der Waals surface area (Å²) in [5.41, 5.74) is 0. The number of hydrogen-bond donors (Lipinski definition) is 4. The molecule has 3 radical (unpaired) electrons. The number of aliphatic hydroxyl groups is 3. The first-order chi connectivity index (χ1) is 5.37. The van der Waals surface area contributed by atoms with Gasteiger partial charge < -0.3 is 46.8 Å². The zero-order valence-electron chi connectivity index (χ0n) is 8.69. The minimum atomic E-state index is -2.42. The summed E-state index contributed by atoms with van der Waals surface area (Å²) in [5.74, 6) is -3.88. The van der Waals surface area contributed by atoms with E-state index in [1.807, 2.05) is 0 Å². The molecule has 0 spiro atoms. The molecule has 0 saturated heterocycles. The zero-order valence-corrected chi connectivity index (χ0v) is 13.2. The number of carbonyl (C=O) groups is 2. The molecule has 0 aromatic carbocycles. The van der Waals surface area contributed by atoms with Crippen LogP contribution in [0, 0.1) is 0 Å². The smallest absolute Gasteiger partial charge is 0.547 e. The molecule has 99 valence electrons. The molecular weight excluding hydrogens is 365 g/mol. The van der Waals surface area contributed by atoms with Gasteiger partial charge in [0.05, 0.1) is 5.97 Å². The molecule has 0 aliphatic carbocycles. The summed E-state index contributed by atoms with van der Waals surface area (Å²) >= 11 is 0. The molecule has 0 fully saturated rings. The van der Waals surface area contributed by atoms with Gasteiger partial charge in [0.1, 0.15) is 12.2 Å². The molecule has 3 atom stereocenters. The minimum absolute atomic E-state index is 0. The van der Waals surface area contributed by atoms with E-state index in [4.69, 9.17) is 20.4 Å². The molecule has 12 heteroatoms. The maximum Gasteiger partial charge on any atom is 1.00 e.